The van der Waals surface area contributed by atoms with Gasteiger partial charge in [0.1, 0.15) is 5.82 Å². The van der Waals surface area contributed by atoms with Gasteiger partial charge in [0.25, 0.3) is 6.33 Å². The van der Waals surface area contributed by atoms with E-state index >= 15 is 0 Å². The van der Waals surface area contributed by atoms with Gasteiger partial charge >= 0.3 is 0 Å². The average Bonchev–Trinajstić information content (AvgIpc) is 3.87. The Balaban J connectivity index is 0.00000410. The van der Waals surface area contributed by atoms with Crippen LogP contribution in [0.4, 0.5) is 0 Å². The van der Waals surface area contributed by atoms with Crippen LogP contribution in [-0.2, 0) is 21.1 Å². The van der Waals surface area contributed by atoms with Gasteiger partial charge in [-0.15, -0.1) is 29.7 Å². The monoisotopic (exact) mass is 971 g/mol. The first-order valence-electron chi connectivity index (χ1n) is 20.5. The summed E-state index contributed by atoms with van der Waals surface area (Å²) in [6.45, 7) is 0. The smallest absolute Gasteiger partial charge is 0.268 e. The summed E-state index contributed by atoms with van der Waals surface area (Å²) in [4.78, 5) is 5.61. The van der Waals surface area contributed by atoms with Gasteiger partial charge in [-0.3, -0.25) is 4.57 Å². The quantitative estimate of drug-likeness (QED) is 0.0979. The van der Waals surface area contributed by atoms with Crippen molar-refractivity contribution < 1.29 is 30.4 Å². The number of hydrogen-bond acceptors (Lipinski definition) is 2. The second kappa shape index (κ2) is 14.3. The molecule has 0 saturated carbocycles. The minimum Gasteiger partial charge on any atom is -0.510 e. The molecule has 5 nitrogen and oxygen atoms in total. The SMILES string of the molecule is [Pt].[c-]1c(Oc2[c-]c3c(cc2)c2ccccc2n3-c2nc3ccc4ccc5ccccc5c4c3c3c2ccc2ccccc23)cccc1-n1[c-][n+](-c2ccccc2)c2ccccc21. The van der Waals surface area contributed by atoms with Gasteiger partial charge in [0.2, 0.25) is 0 Å². The van der Waals surface area contributed by atoms with Crippen molar-refractivity contribution in [1.29, 1.82) is 0 Å². The molecule has 0 atom stereocenters. The molecule has 0 aliphatic heterocycles. The number of aromatic nitrogens is 4. The van der Waals surface area contributed by atoms with Crippen LogP contribution in [0.5, 0.6) is 11.5 Å². The third-order valence-electron chi connectivity index (χ3n) is 12.1. The summed E-state index contributed by atoms with van der Waals surface area (Å²) < 4.78 is 13.0. The van der Waals surface area contributed by atoms with E-state index in [-0.39, 0.29) is 21.1 Å². The number of hydrogen-bond donors (Lipinski definition) is 0. The van der Waals surface area contributed by atoms with Gasteiger partial charge in [-0.2, -0.15) is 18.2 Å². The number of rotatable bonds is 5. The van der Waals surface area contributed by atoms with Crippen molar-refractivity contribution in [2.45, 2.75) is 0 Å². The number of benzene rings is 10. The van der Waals surface area contributed by atoms with Crippen molar-refractivity contribution in [3.8, 4) is 28.7 Å². The minimum atomic E-state index is 0. The van der Waals surface area contributed by atoms with Crippen molar-refractivity contribution in [3.05, 3.63) is 213 Å². The van der Waals surface area contributed by atoms with E-state index in [2.05, 4.69) is 173 Å². The van der Waals surface area contributed by atoms with Crippen molar-refractivity contribution >= 4 is 86.8 Å². The van der Waals surface area contributed by atoms with Crippen LogP contribution in [0, 0.1) is 18.5 Å². The first-order chi connectivity index (χ1) is 30.2. The summed E-state index contributed by atoms with van der Waals surface area (Å²) in [5.74, 6) is 2.01. The Hall–Kier alpha value is -7.59. The van der Waals surface area contributed by atoms with Crippen LogP contribution >= 0.6 is 0 Å². The molecule has 0 radical (unpaired) electrons. The first-order valence-corrected chi connectivity index (χ1v) is 20.5. The van der Waals surface area contributed by atoms with E-state index in [1.807, 2.05) is 53.1 Å². The molecule has 294 valence electrons. The number of ether oxygens (including phenoxy) is 1. The minimum absolute atomic E-state index is 0. The van der Waals surface area contributed by atoms with E-state index in [1.54, 1.807) is 0 Å². The molecule has 3 heterocycles. The van der Waals surface area contributed by atoms with Gasteiger partial charge in [0.05, 0.1) is 22.2 Å². The van der Waals surface area contributed by atoms with Crippen LogP contribution in [0.15, 0.2) is 194 Å². The van der Waals surface area contributed by atoms with Crippen molar-refractivity contribution in [2.75, 3.05) is 0 Å². The zero-order valence-corrected chi connectivity index (χ0v) is 35.3. The molecule has 13 aromatic rings. The third kappa shape index (κ3) is 5.52. The summed E-state index contributed by atoms with van der Waals surface area (Å²) in [6.07, 6.45) is 3.56. The van der Waals surface area contributed by atoms with E-state index in [9.17, 15) is 0 Å². The topological polar surface area (TPSA) is 35.9 Å². The number of nitrogens with zero attached hydrogens (tertiary/aromatic N) is 4. The molecule has 0 saturated heterocycles. The fraction of sp³-hybridized carbons (Fsp3) is 0. The standard InChI is InChI=1S/C56H32N4O.Pt/c1-2-15-39(16-3-1)58-35-59(51-24-11-10-23-50(51)58)40-17-12-18-41(33-40)61-42-29-31-46-45-21-8-9-22-49(45)60(52(46)34-42)56-47-30-27-37-14-5-7-20-44(37)54(47)55-48(57-56)32-28-38-26-25-36-13-4-6-19-43(36)53(38)55;/h1-32H;/q-2;. The van der Waals surface area contributed by atoms with E-state index < -0.39 is 0 Å². The zero-order chi connectivity index (χ0) is 40.0. The van der Waals surface area contributed by atoms with Gasteiger partial charge in [-0.25, -0.2) is 4.98 Å². The molecule has 0 N–H and O–H groups in total. The molecule has 6 heteroatoms. The van der Waals surface area contributed by atoms with Crippen LogP contribution < -0.4 is 9.30 Å². The fourth-order valence-electron chi connectivity index (χ4n) is 9.41. The molecule has 13 rings (SSSR count). The fourth-order valence-corrected chi connectivity index (χ4v) is 9.41. The summed E-state index contributed by atoms with van der Waals surface area (Å²) in [7, 11) is 0. The first kappa shape index (κ1) is 36.3. The van der Waals surface area contributed by atoms with Gasteiger partial charge < -0.3 is 13.9 Å². The molecular formula is C56H32N4OPt-2. The Labute approximate surface area is 370 Å². The number of para-hydroxylation sites is 4. The van der Waals surface area contributed by atoms with Crippen LogP contribution in [0.25, 0.3) is 104 Å². The Morgan fingerprint density at radius 2 is 1.10 bits per heavy atom. The Morgan fingerprint density at radius 3 is 1.94 bits per heavy atom. The van der Waals surface area contributed by atoms with Gasteiger partial charge in [-0.05, 0) is 73.7 Å². The molecule has 3 aromatic heterocycles. The summed E-state index contributed by atoms with van der Waals surface area (Å²) in [6, 6.07) is 75.1. The largest absolute Gasteiger partial charge is 0.510 e. The molecule has 0 aliphatic carbocycles. The normalized spacial score (nSPS) is 11.7. The summed E-state index contributed by atoms with van der Waals surface area (Å²) in [5, 5.41) is 12.8. The van der Waals surface area contributed by atoms with Gasteiger partial charge in [0.15, 0.2) is 0 Å². The van der Waals surface area contributed by atoms with Crippen molar-refractivity contribution in [1.82, 2.24) is 14.1 Å². The van der Waals surface area contributed by atoms with E-state index in [4.69, 9.17) is 9.72 Å². The molecule has 0 fully saturated rings. The molecule has 0 amide bonds. The van der Waals surface area contributed by atoms with E-state index in [0.29, 0.717) is 11.5 Å². The number of imidazole rings is 1. The summed E-state index contributed by atoms with van der Waals surface area (Å²) in [5.41, 5.74) is 6.79. The maximum Gasteiger partial charge on any atom is 0.268 e. The Kier molecular flexibility index (Phi) is 8.35. The Morgan fingerprint density at radius 1 is 0.452 bits per heavy atom. The summed E-state index contributed by atoms with van der Waals surface area (Å²) >= 11 is 0. The van der Waals surface area contributed by atoms with Crippen LogP contribution in [0.1, 0.15) is 0 Å². The predicted molar refractivity (Wildman–Crippen MR) is 247 cm³/mol. The van der Waals surface area contributed by atoms with Gasteiger partial charge in [0, 0.05) is 54.2 Å². The maximum absolute atomic E-state index is 6.66. The average molecular weight is 972 g/mol. The molecule has 10 aromatic carbocycles. The molecule has 0 spiro atoms. The second-order valence-electron chi connectivity index (χ2n) is 15.5. The van der Waals surface area contributed by atoms with Crippen molar-refractivity contribution in [3.63, 3.8) is 0 Å². The zero-order valence-electron chi connectivity index (χ0n) is 33.0. The second-order valence-corrected chi connectivity index (χ2v) is 15.5. The molecule has 0 unspecified atom stereocenters. The van der Waals surface area contributed by atoms with Crippen molar-refractivity contribution in [2.24, 2.45) is 0 Å². The number of pyridine rings is 1. The molecule has 62 heavy (non-hydrogen) atoms. The van der Waals surface area contributed by atoms with E-state index in [1.165, 1.54) is 37.7 Å². The molecule has 0 bridgehead atoms. The van der Waals surface area contributed by atoms with E-state index in [0.717, 1.165) is 66.3 Å². The maximum atomic E-state index is 6.66. The molecular weight excluding hydrogens is 940 g/mol. The third-order valence-corrected chi connectivity index (χ3v) is 12.1. The number of fused-ring (bicyclic) bond motifs is 13. The van der Waals surface area contributed by atoms with Crippen LogP contribution in [0.3, 0.4) is 0 Å². The predicted octanol–water partition coefficient (Wildman–Crippen LogP) is 13.4. The van der Waals surface area contributed by atoms with Gasteiger partial charge in [-0.1, -0.05) is 139 Å². The van der Waals surface area contributed by atoms with Crippen LogP contribution in [0.2, 0.25) is 0 Å². The Bertz CT molecular complexity index is 3930. The van der Waals surface area contributed by atoms with Crippen LogP contribution in [-0.4, -0.2) is 14.1 Å². The molecule has 0 aliphatic rings.